The van der Waals surface area contributed by atoms with Gasteiger partial charge in [0.2, 0.25) is 11.6 Å². The van der Waals surface area contributed by atoms with Gasteiger partial charge in [0.05, 0.1) is 19.3 Å². The smallest absolute Gasteiger partial charge is 0.232 e. The van der Waals surface area contributed by atoms with Gasteiger partial charge in [-0.1, -0.05) is 37.3 Å². The molecule has 2 heterocycles. The van der Waals surface area contributed by atoms with E-state index in [2.05, 4.69) is 33.4 Å². The van der Waals surface area contributed by atoms with E-state index in [1.165, 1.54) is 5.56 Å². The fourth-order valence-corrected chi connectivity index (χ4v) is 2.92. The van der Waals surface area contributed by atoms with Crippen molar-refractivity contribution < 1.29 is 9.15 Å². The first-order valence-corrected chi connectivity index (χ1v) is 8.32. The maximum absolute atomic E-state index is 9.22. The Bertz CT molecular complexity index is 687. The second kappa shape index (κ2) is 7.95. The molecule has 1 N–H and O–H groups in total. The molecule has 0 unspecified atom stereocenters. The Labute approximate surface area is 142 Å². The lowest BCUT2D eigenvalue weighted by Crippen LogP contribution is -2.41. The average molecular weight is 326 g/mol. The molecule has 0 bridgehead atoms. The van der Waals surface area contributed by atoms with Crippen molar-refractivity contribution >= 4 is 5.88 Å². The van der Waals surface area contributed by atoms with Gasteiger partial charge in [0, 0.05) is 26.1 Å². The standard InChI is InChI=1S/C18H22N4O2/c1-2-17-21-15(12-19)18(24-17)20-13-16(14-6-4-3-5-7-14)22-8-10-23-11-9-22/h3-7,16,20H,2,8-11,13H2,1H3/t16-/m1/s1. The van der Waals surface area contributed by atoms with Crippen molar-refractivity contribution in [2.75, 3.05) is 38.2 Å². The largest absolute Gasteiger partial charge is 0.424 e. The number of anilines is 1. The van der Waals surface area contributed by atoms with E-state index in [0.29, 0.717) is 30.4 Å². The Morgan fingerprint density at radius 1 is 1.29 bits per heavy atom. The van der Waals surface area contributed by atoms with Crippen LogP contribution in [0.1, 0.15) is 30.1 Å². The zero-order valence-electron chi connectivity index (χ0n) is 13.9. The number of nitriles is 1. The average Bonchev–Trinajstić information content (AvgIpc) is 3.06. The highest BCUT2D eigenvalue weighted by Crippen LogP contribution is 2.24. The summed E-state index contributed by atoms with van der Waals surface area (Å²) in [5, 5.41) is 12.5. The number of hydrogen-bond donors (Lipinski definition) is 1. The Morgan fingerprint density at radius 3 is 2.71 bits per heavy atom. The van der Waals surface area contributed by atoms with Crippen molar-refractivity contribution in [3.63, 3.8) is 0 Å². The molecule has 1 aromatic heterocycles. The van der Waals surface area contributed by atoms with Crippen LogP contribution >= 0.6 is 0 Å². The summed E-state index contributed by atoms with van der Waals surface area (Å²) in [4.78, 5) is 6.58. The minimum Gasteiger partial charge on any atom is -0.424 e. The fraction of sp³-hybridized carbons (Fsp3) is 0.444. The third kappa shape index (κ3) is 3.75. The highest BCUT2D eigenvalue weighted by Gasteiger charge is 2.23. The molecule has 0 aliphatic carbocycles. The molecule has 6 nitrogen and oxygen atoms in total. The fourth-order valence-electron chi connectivity index (χ4n) is 2.92. The van der Waals surface area contributed by atoms with Gasteiger partial charge in [0.1, 0.15) is 6.07 Å². The van der Waals surface area contributed by atoms with E-state index < -0.39 is 0 Å². The lowest BCUT2D eigenvalue weighted by Gasteiger charge is -2.34. The number of nitrogens with one attached hydrogen (secondary N) is 1. The number of hydrogen-bond acceptors (Lipinski definition) is 6. The first kappa shape index (κ1) is 16.5. The van der Waals surface area contributed by atoms with Crippen molar-refractivity contribution in [2.24, 2.45) is 0 Å². The van der Waals surface area contributed by atoms with Crippen molar-refractivity contribution in [1.29, 1.82) is 5.26 Å². The Kier molecular flexibility index (Phi) is 5.47. The topological polar surface area (TPSA) is 74.3 Å². The minimum absolute atomic E-state index is 0.191. The van der Waals surface area contributed by atoms with Crippen LogP contribution in [0.2, 0.25) is 0 Å². The molecule has 1 aromatic carbocycles. The van der Waals surface area contributed by atoms with Gasteiger partial charge < -0.3 is 14.5 Å². The van der Waals surface area contributed by atoms with Gasteiger partial charge in [-0.25, -0.2) is 4.98 Å². The Hall–Kier alpha value is -2.36. The van der Waals surface area contributed by atoms with Crippen molar-refractivity contribution in [3.8, 4) is 6.07 Å². The zero-order chi connectivity index (χ0) is 16.8. The molecular weight excluding hydrogens is 304 g/mol. The molecule has 126 valence electrons. The first-order chi connectivity index (χ1) is 11.8. The highest BCUT2D eigenvalue weighted by molar-refractivity contribution is 5.45. The van der Waals surface area contributed by atoms with Gasteiger partial charge in [0.15, 0.2) is 5.89 Å². The Balaban J connectivity index is 1.77. The zero-order valence-corrected chi connectivity index (χ0v) is 13.9. The normalized spacial score (nSPS) is 16.5. The highest BCUT2D eigenvalue weighted by atomic mass is 16.5. The molecule has 6 heteroatoms. The van der Waals surface area contributed by atoms with Crippen LogP contribution in [0.4, 0.5) is 5.88 Å². The molecule has 1 aliphatic heterocycles. The number of aromatic nitrogens is 1. The quantitative estimate of drug-likeness (QED) is 0.879. The minimum atomic E-state index is 0.191. The lowest BCUT2D eigenvalue weighted by molar-refractivity contribution is 0.0186. The predicted molar refractivity (Wildman–Crippen MR) is 90.7 cm³/mol. The summed E-state index contributed by atoms with van der Waals surface area (Å²) in [6, 6.07) is 12.7. The molecule has 0 amide bonds. The molecule has 0 spiro atoms. The van der Waals surface area contributed by atoms with Crippen LogP contribution in [0, 0.1) is 11.3 Å². The van der Waals surface area contributed by atoms with E-state index in [1.807, 2.05) is 25.1 Å². The summed E-state index contributed by atoms with van der Waals surface area (Å²) >= 11 is 0. The first-order valence-electron chi connectivity index (χ1n) is 8.32. The van der Waals surface area contributed by atoms with Crippen LogP contribution in [0.5, 0.6) is 0 Å². The molecule has 0 radical (unpaired) electrons. The Morgan fingerprint density at radius 2 is 2.04 bits per heavy atom. The summed E-state index contributed by atoms with van der Waals surface area (Å²) in [6.45, 7) is 5.88. The number of morpholine rings is 1. The third-order valence-corrected chi connectivity index (χ3v) is 4.21. The molecule has 2 aromatic rings. The van der Waals surface area contributed by atoms with E-state index in [1.54, 1.807) is 0 Å². The van der Waals surface area contributed by atoms with Gasteiger partial charge in [0.25, 0.3) is 0 Å². The molecule has 0 saturated carbocycles. The van der Waals surface area contributed by atoms with Gasteiger partial charge in [-0.2, -0.15) is 5.26 Å². The number of rotatable bonds is 6. The number of oxazole rings is 1. The van der Waals surface area contributed by atoms with Gasteiger partial charge in [-0.3, -0.25) is 4.90 Å². The second-order valence-electron chi connectivity index (χ2n) is 5.71. The lowest BCUT2D eigenvalue weighted by atomic mass is 10.0. The van der Waals surface area contributed by atoms with Crippen LogP contribution in [0.25, 0.3) is 0 Å². The van der Waals surface area contributed by atoms with Crippen LogP contribution in [-0.2, 0) is 11.2 Å². The number of ether oxygens (including phenoxy) is 1. The summed E-state index contributed by atoms with van der Waals surface area (Å²) < 4.78 is 11.1. The summed E-state index contributed by atoms with van der Waals surface area (Å²) in [5.74, 6) is 1.04. The predicted octanol–water partition coefficient (Wildman–Crippen LogP) is 2.59. The maximum atomic E-state index is 9.22. The van der Waals surface area contributed by atoms with Crippen molar-refractivity contribution in [2.45, 2.75) is 19.4 Å². The molecule has 1 fully saturated rings. The summed E-state index contributed by atoms with van der Waals surface area (Å²) in [7, 11) is 0. The third-order valence-electron chi connectivity index (χ3n) is 4.21. The van der Waals surface area contributed by atoms with Gasteiger partial charge in [-0.05, 0) is 5.56 Å². The molecule has 1 atom stereocenters. The van der Waals surface area contributed by atoms with E-state index in [4.69, 9.17) is 9.15 Å². The van der Waals surface area contributed by atoms with Gasteiger partial charge in [-0.15, -0.1) is 0 Å². The maximum Gasteiger partial charge on any atom is 0.232 e. The number of benzene rings is 1. The van der Waals surface area contributed by atoms with Crippen LogP contribution < -0.4 is 5.32 Å². The van der Waals surface area contributed by atoms with E-state index in [9.17, 15) is 5.26 Å². The number of aryl methyl sites for hydroxylation is 1. The van der Waals surface area contributed by atoms with Gasteiger partial charge >= 0.3 is 0 Å². The number of nitrogens with zero attached hydrogens (tertiary/aromatic N) is 3. The SMILES string of the molecule is CCc1nc(C#N)c(NC[C@H](c2ccccc2)N2CCOCC2)o1. The van der Waals surface area contributed by atoms with Crippen LogP contribution in [0.15, 0.2) is 34.7 Å². The molecule has 3 rings (SSSR count). The summed E-state index contributed by atoms with van der Waals surface area (Å²) in [5.41, 5.74) is 1.56. The van der Waals surface area contributed by atoms with Crippen molar-refractivity contribution in [1.82, 2.24) is 9.88 Å². The van der Waals surface area contributed by atoms with E-state index in [-0.39, 0.29) is 6.04 Å². The molecule has 1 aliphatic rings. The van der Waals surface area contributed by atoms with Crippen molar-refractivity contribution in [3.05, 3.63) is 47.5 Å². The van der Waals surface area contributed by atoms with E-state index >= 15 is 0 Å². The molecule has 1 saturated heterocycles. The second-order valence-corrected chi connectivity index (χ2v) is 5.71. The molecular formula is C18H22N4O2. The monoisotopic (exact) mass is 326 g/mol. The van der Waals surface area contributed by atoms with Crippen LogP contribution in [-0.4, -0.2) is 42.7 Å². The molecule has 24 heavy (non-hydrogen) atoms. The summed E-state index contributed by atoms with van der Waals surface area (Å²) in [6.07, 6.45) is 0.669. The van der Waals surface area contributed by atoms with Crippen LogP contribution in [0.3, 0.4) is 0 Å². The van der Waals surface area contributed by atoms with E-state index in [0.717, 1.165) is 26.3 Å².